The van der Waals surface area contributed by atoms with E-state index in [9.17, 15) is 0 Å². The number of fused-ring (bicyclic) bond motifs is 2. The number of anilines is 2. The minimum Gasteiger partial charge on any atom is -0.352 e. The predicted molar refractivity (Wildman–Crippen MR) is 88.2 cm³/mol. The van der Waals surface area contributed by atoms with E-state index in [4.69, 9.17) is 0 Å². The zero-order valence-electron chi connectivity index (χ0n) is 12.9. The van der Waals surface area contributed by atoms with E-state index < -0.39 is 0 Å². The number of imidazole rings is 1. The van der Waals surface area contributed by atoms with Crippen molar-refractivity contribution in [1.29, 1.82) is 0 Å². The van der Waals surface area contributed by atoms with Crippen LogP contribution in [0.2, 0.25) is 0 Å². The molecule has 0 spiro atoms. The zero-order valence-corrected chi connectivity index (χ0v) is 12.9. The van der Waals surface area contributed by atoms with Crippen molar-refractivity contribution >= 4 is 22.9 Å². The van der Waals surface area contributed by atoms with Gasteiger partial charge >= 0.3 is 0 Å². The molecule has 1 fully saturated rings. The van der Waals surface area contributed by atoms with Crippen molar-refractivity contribution in [3.8, 4) is 0 Å². The van der Waals surface area contributed by atoms with Crippen LogP contribution in [0, 0.1) is 0 Å². The molecule has 0 amide bonds. The third kappa shape index (κ3) is 2.05. The van der Waals surface area contributed by atoms with Crippen LogP contribution in [-0.2, 0) is 0 Å². The lowest BCUT2D eigenvalue weighted by molar-refractivity contribution is 0.636. The Hall–Kier alpha value is -3.23. The maximum absolute atomic E-state index is 4.57. The fraction of sp³-hybridized carbons (Fsp3) is 0.267. The molecule has 120 valence electrons. The number of hydrogen-bond donors (Lipinski definition) is 0. The molecule has 9 heteroatoms. The maximum Gasteiger partial charge on any atom is 0.180 e. The molecule has 1 aliphatic rings. The van der Waals surface area contributed by atoms with Crippen LogP contribution < -0.4 is 9.80 Å². The van der Waals surface area contributed by atoms with Crippen molar-refractivity contribution in [3.05, 3.63) is 43.2 Å². The van der Waals surface area contributed by atoms with Gasteiger partial charge in [-0.1, -0.05) is 0 Å². The first-order chi connectivity index (χ1) is 11.9. The van der Waals surface area contributed by atoms with Crippen LogP contribution in [0.5, 0.6) is 0 Å². The summed E-state index contributed by atoms with van der Waals surface area (Å²) in [6, 6.07) is 3.93. The molecular formula is C15H15N9. The third-order valence-corrected chi connectivity index (χ3v) is 4.34. The minimum absolute atomic E-state index is 0.757. The first kappa shape index (κ1) is 13.2. The number of hydrogen-bond acceptors (Lipinski definition) is 7. The predicted octanol–water partition coefficient (Wildman–Crippen LogP) is 0.494. The molecule has 0 saturated carbocycles. The summed E-state index contributed by atoms with van der Waals surface area (Å²) < 4.78 is 3.70. The Morgan fingerprint density at radius 2 is 1.67 bits per heavy atom. The first-order valence-corrected chi connectivity index (χ1v) is 7.83. The molecule has 5 heterocycles. The maximum atomic E-state index is 4.57. The van der Waals surface area contributed by atoms with E-state index in [0.29, 0.717) is 0 Å². The molecule has 1 saturated heterocycles. The topological polar surface area (TPSA) is 79.8 Å². The Bertz CT molecular complexity index is 996. The monoisotopic (exact) mass is 321 g/mol. The van der Waals surface area contributed by atoms with Crippen molar-refractivity contribution in [2.45, 2.75) is 0 Å². The summed E-state index contributed by atoms with van der Waals surface area (Å²) in [7, 11) is 0. The molecule has 0 N–H and O–H groups in total. The summed E-state index contributed by atoms with van der Waals surface area (Å²) in [6.45, 7) is 3.51. The van der Waals surface area contributed by atoms with Gasteiger partial charge in [-0.3, -0.25) is 0 Å². The highest BCUT2D eigenvalue weighted by molar-refractivity contribution is 5.64. The Morgan fingerprint density at radius 1 is 0.875 bits per heavy atom. The summed E-state index contributed by atoms with van der Waals surface area (Å²) in [5, 5.41) is 12.4. The molecule has 9 nitrogen and oxygen atoms in total. The van der Waals surface area contributed by atoms with Crippen LogP contribution in [0.25, 0.3) is 11.3 Å². The molecule has 0 aromatic carbocycles. The fourth-order valence-electron chi connectivity index (χ4n) is 3.10. The molecule has 1 aliphatic heterocycles. The lowest BCUT2D eigenvalue weighted by Gasteiger charge is -2.35. The third-order valence-electron chi connectivity index (χ3n) is 4.34. The molecule has 0 aliphatic carbocycles. The Morgan fingerprint density at radius 3 is 2.54 bits per heavy atom. The summed E-state index contributed by atoms with van der Waals surface area (Å²) in [5.41, 5.74) is 1.66. The summed E-state index contributed by atoms with van der Waals surface area (Å²) in [4.78, 5) is 13.5. The lowest BCUT2D eigenvalue weighted by Crippen LogP contribution is -2.47. The van der Waals surface area contributed by atoms with Crippen LogP contribution in [0.4, 0.5) is 11.6 Å². The van der Waals surface area contributed by atoms with Crippen LogP contribution in [0.3, 0.4) is 0 Å². The van der Waals surface area contributed by atoms with Gasteiger partial charge < -0.3 is 14.2 Å². The fourth-order valence-corrected chi connectivity index (χ4v) is 3.10. The Balaban J connectivity index is 1.38. The molecule has 4 aromatic rings. The molecule has 0 unspecified atom stereocenters. The van der Waals surface area contributed by atoms with Gasteiger partial charge in [-0.15, -0.1) is 15.3 Å². The molecule has 0 radical (unpaired) electrons. The Kier molecular flexibility index (Phi) is 2.84. The quantitative estimate of drug-likeness (QED) is 0.531. The van der Waals surface area contributed by atoms with Gasteiger partial charge in [0.2, 0.25) is 0 Å². The summed E-state index contributed by atoms with van der Waals surface area (Å²) >= 11 is 0. The van der Waals surface area contributed by atoms with E-state index in [1.54, 1.807) is 17.0 Å². The van der Waals surface area contributed by atoms with Gasteiger partial charge in [-0.25, -0.2) is 9.97 Å². The van der Waals surface area contributed by atoms with Gasteiger partial charge in [-0.05, 0) is 12.1 Å². The van der Waals surface area contributed by atoms with Gasteiger partial charge in [-0.2, -0.15) is 4.52 Å². The van der Waals surface area contributed by atoms with Gasteiger partial charge in [0.15, 0.2) is 17.1 Å². The SMILES string of the molecule is c1cn2ccnc2c(N2CCN(c3ccc4nncn4n3)CC2)n1. The second-order valence-corrected chi connectivity index (χ2v) is 5.71. The highest BCUT2D eigenvalue weighted by Crippen LogP contribution is 2.20. The lowest BCUT2D eigenvalue weighted by atomic mass is 10.3. The van der Waals surface area contributed by atoms with E-state index in [1.807, 2.05) is 35.1 Å². The van der Waals surface area contributed by atoms with Crippen LogP contribution >= 0.6 is 0 Å². The van der Waals surface area contributed by atoms with E-state index in [2.05, 4.69) is 35.1 Å². The molecule has 0 atom stereocenters. The second kappa shape index (κ2) is 5.15. The second-order valence-electron chi connectivity index (χ2n) is 5.71. The number of nitrogens with zero attached hydrogens (tertiary/aromatic N) is 9. The number of aromatic nitrogens is 7. The van der Waals surface area contributed by atoms with Gasteiger partial charge in [0.1, 0.15) is 12.1 Å². The van der Waals surface area contributed by atoms with Crippen molar-refractivity contribution in [2.24, 2.45) is 0 Å². The molecule has 0 bridgehead atoms. The van der Waals surface area contributed by atoms with E-state index >= 15 is 0 Å². The standard InChI is InChI=1S/C15H15N9/c1-2-13(20-24-11-18-19-12(1)24)21-7-9-23(10-8-21)15-14-16-3-5-22(14)6-4-17-15/h1-6,11H,7-10H2. The highest BCUT2D eigenvalue weighted by Gasteiger charge is 2.21. The van der Waals surface area contributed by atoms with Crippen molar-refractivity contribution in [1.82, 2.24) is 34.2 Å². The summed E-state index contributed by atoms with van der Waals surface area (Å²) in [6.07, 6.45) is 9.10. The molecule has 5 rings (SSSR count). The molecular weight excluding hydrogens is 306 g/mol. The van der Waals surface area contributed by atoms with E-state index in [1.165, 1.54) is 0 Å². The van der Waals surface area contributed by atoms with Crippen molar-refractivity contribution in [2.75, 3.05) is 36.0 Å². The van der Waals surface area contributed by atoms with Crippen LogP contribution in [-0.4, -0.2) is 60.4 Å². The zero-order chi connectivity index (χ0) is 15.9. The first-order valence-electron chi connectivity index (χ1n) is 7.83. The van der Waals surface area contributed by atoms with Crippen LogP contribution in [0.1, 0.15) is 0 Å². The Labute approximate surface area is 137 Å². The van der Waals surface area contributed by atoms with Crippen LogP contribution in [0.15, 0.2) is 43.2 Å². The van der Waals surface area contributed by atoms with Gasteiger partial charge in [0, 0.05) is 51.0 Å². The number of piperazine rings is 1. The van der Waals surface area contributed by atoms with Crippen molar-refractivity contribution in [3.63, 3.8) is 0 Å². The minimum atomic E-state index is 0.757. The highest BCUT2D eigenvalue weighted by atomic mass is 15.4. The molecule has 24 heavy (non-hydrogen) atoms. The van der Waals surface area contributed by atoms with E-state index in [0.717, 1.165) is 49.1 Å². The van der Waals surface area contributed by atoms with Gasteiger partial charge in [0.25, 0.3) is 0 Å². The number of rotatable bonds is 2. The largest absolute Gasteiger partial charge is 0.352 e. The normalized spacial score (nSPS) is 15.5. The van der Waals surface area contributed by atoms with Gasteiger partial charge in [0.05, 0.1) is 0 Å². The van der Waals surface area contributed by atoms with E-state index in [-0.39, 0.29) is 0 Å². The van der Waals surface area contributed by atoms with Crippen molar-refractivity contribution < 1.29 is 0 Å². The average Bonchev–Trinajstić information content (AvgIpc) is 3.30. The smallest absolute Gasteiger partial charge is 0.180 e. The summed E-state index contributed by atoms with van der Waals surface area (Å²) in [5.74, 6) is 1.87. The molecule has 4 aromatic heterocycles. The average molecular weight is 321 g/mol.